The number of rotatable bonds is 6. The molecule has 104 valence electrons. The zero-order valence-corrected chi connectivity index (χ0v) is 12.4. The van der Waals surface area contributed by atoms with Crippen molar-refractivity contribution in [2.75, 3.05) is 7.11 Å². The Morgan fingerprint density at radius 3 is 2.58 bits per heavy atom. The van der Waals surface area contributed by atoms with Crippen LogP contribution in [0.2, 0.25) is 5.02 Å². The van der Waals surface area contributed by atoms with E-state index in [9.17, 15) is 0 Å². The zero-order chi connectivity index (χ0) is 14.4. The number of hydrogen-bond acceptors (Lipinski definition) is 4. The van der Waals surface area contributed by atoms with Gasteiger partial charge in [-0.1, -0.05) is 25.4 Å². The molecule has 0 amide bonds. The molecular formula is C14H19ClN2O2. The molecule has 4 nitrogen and oxygen atoms in total. The van der Waals surface area contributed by atoms with Crippen molar-refractivity contribution in [3.63, 3.8) is 0 Å². The predicted molar refractivity (Wildman–Crippen MR) is 75.7 cm³/mol. The van der Waals surface area contributed by atoms with Crippen molar-refractivity contribution in [1.82, 2.24) is 5.32 Å². The van der Waals surface area contributed by atoms with Crippen molar-refractivity contribution < 1.29 is 9.47 Å². The fraction of sp³-hybridized carbons (Fsp3) is 0.500. The Hall–Kier alpha value is -1.44. The number of methoxy groups -OCH3 is 1. The monoisotopic (exact) mass is 282 g/mol. The molecule has 0 bridgehead atoms. The average Bonchev–Trinajstić information content (AvgIpc) is 2.37. The minimum Gasteiger partial charge on any atom is -0.493 e. The molecule has 19 heavy (non-hydrogen) atoms. The van der Waals surface area contributed by atoms with E-state index >= 15 is 0 Å². The lowest BCUT2D eigenvalue weighted by Gasteiger charge is -2.18. The van der Waals surface area contributed by atoms with Crippen LogP contribution in [0.3, 0.4) is 0 Å². The van der Waals surface area contributed by atoms with Gasteiger partial charge >= 0.3 is 0 Å². The first-order valence-electron chi connectivity index (χ1n) is 6.14. The van der Waals surface area contributed by atoms with E-state index in [0.29, 0.717) is 29.1 Å². The summed E-state index contributed by atoms with van der Waals surface area (Å²) in [4.78, 5) is 0. The highest BCUT2D eigenvalue weighted by molar-refractivity contribution is 6.30. The number of halogens is 1. The van der Waals surface area contributed by atoms with Gasteiger partial charge in [0.1, 0.15) is 6.07 Å². The van der Waals surface area contributed by atoms with Gasteiger partial charge in [-0.2, -0.15) is 5.26 Å². The molecule has 0 aliphatic rings. The van der Waals surface area contributed by atoms with E-state index in [0.717, 1.165) is 5.56 Å². The summed E-state index contributed by atoms with van der Waals surface area (Å²) >= 11 is 6.06. The van der Waals surface area contributed by atoms with Crippen LogP contribution >= 0.6 is 11.6 Å². The van der Waals surface area contributed by atoms with E-state index in [1.165, 1.54) is 0 Å². The summed E-state index contributed by atoms with van der Waals surface area (Å²) in [5.41, 5.74) is 0.875. The second-order valence-corrected chi connectivity index (χ2v) is 4.96. The third-order valence-electron chi connectivity index (χ3n) is 2.49. The molecule has 1 atom stereocenters. The van der Waals surface area contributed by atoms with Gasteiger partial charge in [0.05, 0.1) is 7.11 Å². The molecule has 0 aliphatic heterocycles. The summed E-state index contributed by atoms with van der Waals surface area (Å²) in [6.07, 6.45) is -0.548. The van der Waals surface area contributed by atoms with Gasteiger partial charge in [-0.3, -0.25) is 0 Å². The van der Waals surface area contributed by atoms with E-state index in [4.69, 9.17) is 26.3 Å². The summed E-state index contributed by atoms with van der Waals surface area (Å²) in [6.45, 7) is 6.40. The van der Waals surface area contributed by atoms with Crippen molar-refractivity contribution in [3.05, 3.63) is 22.7 Å². The number of nitrogens with one attached hydrogen (secondary N) is 1. The molecule has 1 rings (SSSR count). The van der Waals surface area contributed by atoms with Crippen molar-refractivity contribution >= 4 is 11.6 Å². The third kappa shape index (κ3) is 4.62. The fourth-order valence-corrected chi connectivity index (χ4v) is 1.79. The minimum atomic E-state index is -0.548. The molecule has 0 radical (unpaired) electrons. The predicted octanol–water partition coefficient (Wildman–Crippen LogP) is 3.14. The number of nitriles is 1. The molecule has 0 saturated heterocycles. The molecule has 1 aromatic rings. The van der Waals surface area contributed by atoms with Crippen molar-refractivity contribution in [1.29, 1.82) is 5.26 Å². The van der Waals surface area contributed by atoms with E-state index in [1.807, 2.05) is 12.1 Å². The van der Waals surface area contributed by atoms with Gasteiger partial charge in [-0.15, -0.1) is 0 Å². The largest absolute Gasteiger partial charge is 0.493 e. The smallest absolute Gasteiger partial charge is 0.181 e. The first-order chi connectivity index (χ1) is 8.97. The Bertz CT molecular complexity index is 469. The summed E-state index contributed by atoms with van der Waals surface area (Å²) in [6, 6.07) is 5.88. The van der Waals surface area contributed by atoms with Gasteiger partial charge in [0.2, 0.25) is 0 Å². The van der Waals surface area contributed by atoms with Gasteiger partial charge in [-0.25, -0.2) is 0 Å². The second kappa shape index (κ2) is 7.22. The third-order valence-corrected chi connectivity index (χ3v) is 2.71. The molecule has 0 aliphatic carbocycles. The Kier molecular flexibility index (Phi) is 5.94. The Labute approximate surface area is 119 Å². The molecule has 0 aromatic heterocycles. The van der Waals surface area contributed by atoms with E-state index in [-0.39, 0.29) is 0 Å². The van der Waals surface area contributed by atoms with Crippen molar-refractivity contribution in [3.8, 4) is 17.6 Å². The highest BCUT2D eigenvalue weighted by atomic mass is 35.5. The van der Waals surface area contributed by atoms with Gasteiger partial charge in [0.25, 0.3) is 0 Å². The molecule has 0 heterocycles. The lowest BCUT2D eigenvalue weighted by atomic mass is 10.1. The first-order valence-corrected chi connectivity index (χ1v) is 6.51. The molecular weight excluding hydrogens is 264 g/mol. The van der Waals surface area contributed by atoms with E-state index < -0.39 is 6.10 Å². The second-order valence-electron chi connectivity index (χ2n) is 4.52. The average molecular weight is 283 g/mol. The van der Waals surface area contributed by atoms with Gasteiger partial charge in [0.15, 0.2) is 17.6 Å². The molecule has 0 saturated carbocycles. The van der Waals surface area contributed by atoms with Gasteiger partial charge in [0, 0.05) is 29.2 Å². The minimum absolute atomic E-state index is 0.339. The quantitative estimate of drug-likeness (QED) is 0.871. The van der Waals surface area contributed by atoms with Crippen LogP contribution in [0.4, 0.5) is 0 Å². The van der Waals surface area contributed by atoms with E-state index in [2.05, 4.69) is 19.2 Å². The number of ether oxygens (including phenoxy) is 2. The topological polar surface area (TPSA) is 54.3 Å². The Balaban J connectivity index is 3.10. The fourth-order valence-electron chi connectivity index (χ4n) is 1.56. The Morgan fingerprint density at radius 1 is 1.37 bits per heavy atom. The van der Waals surface area contributed by atoms with Crippen molar-refractivity contribution in [2.45, 2.75) is 39.5 Å². The molecule has 1 aromatic carbocycles. The SMILES string of the molecule is COc1cc(Cl)cc(CNC(C)C)c1OC(C)C#N. The molecule has 0 spiro atoms. The summed E-state index contributed by atoms with van der Waals surface area (Å²) < 4.78 is 10.9. The molecule has 0 fully saturated rings. The maximum atomic E-state index is 8.87. The van der Waals surface area contributed by atoms with Gasteiger partial charge < -0.3 is 14.8 Å². The Morgan fingerprint density at radius 2 is 2.05 bits per heavy atom. The highest BCUT2D eigenvalue weighted by Crippen LogP contribution is 2.35. The lowest BCUT2D eigenvalue weighted by molar-refractivity contribution is 0.256. The van der Waals surface area contributed by atoms with E-state index in [1.54, 1.807) is 20.1 Å². The standard InChI is InChI=1S/C14H19ClN2O2/c1-9(2)17-8-11-5-12(15)6-13(18-4)14(11)19-10(3)7-16/h5-6,9-10,17H,8H2,1-4H3. The van der Waals surface area contributed by atoms with Crippen LogP contribution in [0, 0.1) is 11.3 Å². The van der Waals surface area contributed by atoms with Crippen molar-refractivity contribution in [2.24, 2.45) is 0 Å². The number of benzene rings is 1. The van der Waals surface area contributed by atoms with Crippen LogP contribution in [-0.2, 0) is 6.54 Å². The molecule has 5 heteroatoms. The van der Waals surface area contributed by atoms with Gasteiger partial charge in [-0.05, 0) is 13.0 Å². The normalized spacial score (nSPS) is 12.1. The molecule has 1 unspecified atom stereocenters. The maximum Gasteiger partial charge on any atom is 0.181 e. The van der Waals surface area contributed by atoms with Crippen LogP contribution in [0.5, 0.6) is 11.5 Å². The zero-order valence-electron chi connectivity index (χ0n) is 11.7. The summed E-state index contributed by atoms with van der Waals surface area (Å²) in [5, 5.41) is 12.7. The summed E-state index contributed by atoms with van der Waals surface area (Å²) in [5.74, 6) is 1.10. The van der Waals surface area contributed by atoms with Crippen LogP contribution in [0.1, 0.15) is 26.3 Å². The van der Waals surface area contributed by atoms with Crippen LogP contribution in [-0.4, -0.2) is 19.3 Å². The lowest BCUT2D eigenvalue weighted by Crippen LogP contribution is -2.23. The summed E-state index contributed by atoms with van der Waals surface area (Å²) in [7, 11) is 1.55. The number of nitrogens with zero attached hydrogens (tertiary/aromatic N) is 1. The van der Waals surface area contributed by atoms with Crippen LogP contribution in [0.25, 0.3) is 0 Å². The van der Waals surface area contributed by atoms with Crippen LogP contribution in [0.15, 0.2) is 12.1 Å². The number of hydrogen-bond donors (Lipinski definition) is 1. The van der Waals surface area contributed by atoms with Crippen LogP contribution < -0.4 is 14.8 Å². The maximum absolute atomic E-state index is 8.87. The molecule has 1 N–H and O–H groups in total. The highest BCUT2D eigenvalue weighted by Gasteiger charge is 2.15. The first kappa shape index (κ1) is 15.6.